The molecule has 132 valence electrons. The second-order valence-corrected chi connectivity index (χ2v) is 6.96. The second-order valence-electron chi connectivity index (χ2n) is 4.82. The van der Waals surface area contributed by atoms with Gasteiger partial charge < -0.3 is 15.2 Å². The van der Waals surface area contributed by atoms with Gasteiger partial charge in [0.15, 0.2) is 0 Å². The first kappa shape index (κ1) is 19.6. The number of benzene rings is 2. The van der Waals surface area contributed by atoms with E-state index in [1.165, 1.54) is 19.4 Å². The third-order valence-electron chi connectivity index (χ3n) is 3.06. The number of nitrogens with zero attached hydrogens (tertiary/aromatic N) is 1. The molecule has 25 heavy (non-hydrogen) atoms. The van der Waals surface area contributed by atoms with E-state index in [2.05, 4.69) is 47.7 Å². The van der Waals surface area contributed by atoms with E-state index in [0.717, 1.165) is 8.95 Å². The fourth-order valence-electron chi connectivity index (χ4n) is 1.86. The highest BCUT2D eigenvalue weighted by Gasteiger charge is 2.08. The highest BCUT2D eigenvalue weighted by atomic mass is 79.9. The number of aromatic hydroxyl groups is 1. The Labute approximate surface area is 166 Å². The molecule has 0 aromatic heterocycles. The summed E-state index contributed by atoms with van der Waals surface area (Å²) >= 11 is 12.7. The number of nitrogens with one attached hydrogen (secondary N) is 2. The van der Waals surface area contributed by atoms with Crippen LogP contribution in [-0.2, 0) is 4.79 Å². The van der Waals surface area contributed by atoms with Crippen molar-refractivity contribution in [1.82, 2.24) is 5.43 Å². The fourth-order valence-corrected chi connectivity index (χ4v) is 3.80. The van der Waals surface area contributed by atoms with Crippen LogP contribution in [0.2, 0.25) is 5.02 Å². The van der Waals surface area contributed by atoms with Crippen LogP contribution in [0.15, 0.2) is 44.4 Å². The summed E-state index contributed by atoms with van der Waals surface area (Å²) in [6.45, 7) is 0.000263. The van der Waals surface area contributed by atoms with Crippen LogP contribution in [0, 0.1) is 0 Å². The third kappa shape index (κ3) is 5.62. The van der Waals surface area contributed by atoms with Gasteiger partial charge in [-0.3, -0.25) is 4.79 Å². The number of phenolic OH excluding ortho intramolecular Hbond substituents is 1. The number of rotatable bonds is 6. The summed E-state index contributed by atoms with van der Waals surface area (Å²) in [5, 5.41) is 17.1. The summed E-state index contributed by atoms with van der Waals surface area (Å²) in [4.78, 5) is 11.9. The molecule has 0 aliphatic heterocycles. The monoisotopic (exact) mass is 489 g/mol. The number of hydrogen-bond donors (Lipinski definition) is 3. The quantitative estimate of drug-likeness (QED) is 0.419. The highest BCUT2D eigenvalue weighted by Crippen LogP contribution is 2.33. The van der Waals surface area contributed by atoms with Crippen molar-refractivity contribution >= 4 is 61.3 Å². The molecule has 9 heteroatoms. The van der Waals surface area contributed by atoms with Gasteiger partial charge in [0.25, 0.3) is 5.91 Å². The normalized spacial score (nSPS) is 10.7. The molecule has 2 aromatic rings. The Morgan fingerprint density at radius 3 is 2.64 bits per heavy atom. The van der Waals surface area contributed by atoms with Crippen molar-refractivity contribution in [3.8, 4) is 11.5 Å². The average Bonchev–Trinajstić information content (AvgIpc) is 2.55. The fraction of sp³-hybridized carbons (Fsp3) is 0.125. The van der Waals surface area contributed by atoms with Crippen molar-refractivity contribution in [1.29, 1.82) is 0 Å². The van der Waals surface area contributed by atoms with Gasteiger partial charge in [0, 0.05) is 19.5 Å². The molecule has 1 amide bonds. The summed E-state index contributed by atoms with van der Waals surface area (Å²) in [6, 6.07) is 8.15. The van der Waals surface area contributed by atoms with Crippen molar-refractivity contribution < 1.29 is 14.6 Å². The second kappa shape index (κ2) is 9.07. The van der Waals surface area contributed by atoms with Crippen molar-refractivity contribution in [3.63, 3.8) is 0 Å². The SMILES string of the molecule is COc1ccc(O)c(/C=N/NC(=O)CNc2c(Br)cc(Cl)cc2Br)c1. The van der Waals surface area contributed by atoms with E-state index in [1.807, 2.05) is 0 Å². The highest BCUT2D eigenvalue weighted by molar-refractivity contribution is 9.11. The van der Waals surface area contributed by atoms with Gasteiger partial charge in [-0.2, -0.15) is 5.10 Å². The Morgan fingerprint density at radius 1 is 1.32 bits per heavy atom. The summed E-state index contributed by atoms with van der Waals surface area (Å²) in [5.74, 6) is 0.253. The minimum atomic E-state index is -0.354. The zero-order valence-electron chi connectivity index (χ0n) is 13.0. The van der Waals surface area contributed by atoms with Crippen LogP contribution < -0.4 is 15.5 Å². The molecule has 3 N–H and O–H groups in total. The van der Waals surface area contributed by atoms with Gasteiger partial charge in [-0.1, -0.05) is 11.6 Å². The molecule has 0 aliphatic carbocycles. The van der Waals surface area contributed by atoms with Gasteiger partial charge in [-0.05, 0) is 62.2 Å². The maximum absolute atomic E-state index is 11.9. The summed E-state index contributed by atoms with van der Waals surface area (Å²) in [5.41, 5.74) is 3.51. The van der Waals surface area contributed by atoms with Gasteiger partial charge in [0.05, 0.1) is 25.6 Å². The van der Waals surface area contributed by atoms with Gasteiger partial charge in [0.1, 0.15) is 11.5 Å². The molecule has 0 radical (unpaired) electrons. The molecule has 2 rings (SSSR count). The van der Waals surface area contributed by atoms with E-state index >= 15 is 0 Å². The first-order chi connectivity index (χ1) is 11.9. The summed E-state index contributed by atoms with van der Waals surface area (Å²) in [6.07, 6.45) is 1.34. The Balaban J connectivity index is 1.93. The lowest BCUT2D eigenvalue weighted by molar-refractivity contribution is -0.119. The first-order valence-corrected chi connectivity index (χ1v) is 8.94. The van der Waals surface area contributed by atoms with E-state index in [1.54, 1.807) is 24.3 Å². The van der Waals surface area contributed by atoms with Crippen molar-refractivity contribution in [2.24, 2.45) is 5.10 Å². The number of hydrazone groups is 1. The molecule has 0 atom stereocenters. The Morgan fingerprint density at radius 2 is 2.00 bits per heavy atom. The Hall–Kier alpha value is -1.77. The molecule has 0 saturated heterocycles. The van der Waals surface area contributed by atoms with Gasteiger partial charge in [0.2, 0.25) is 0 Å². The van der Waals surface area contributed by atoms with E-state index in [4.69, 9.17) is 16.3 Å². The lowest BCUT2D eigenvalue weighted by Crippen LogP contribution is -2.26. The molecular weight excluding hydrogens is 477 g/mol. The van der Waals surface area contributed by atoms with Crippen LogP contribution in [0.25, 0.3) is 0 Å². The predicted octanol–water partition coefficient (Wildman–Crippen LogP) is 4.14. The molecule has 0 aliphatic rings. The number of carbonyl (C=O) groups is 1. The van der Waals surface area contributed by atoms with E-state index < -0.39 is 0 Å². The Bertz CT molecular complexity index is 792. The average molecular weight is 492 g/mol. The number of phenols is 1. The topological polar surface area (TPSA) is 83.0 Å². The van der Waals surface area contributed by atoms with Crippen molar-refractivity contribution in [2.75, 3.05) is 19.0 Å². The molecule has 0 spiro atoms. The number of methoxy groups -OCH3 is 1. The number of anilines is 1. The number of ether oxygens (including phenoxy) is 1. The van der Waals surface area contributed by atoms with Gasteiger partial charge >= 0.3 is 0 Å². The van der Waals surface area contributed by atoms with Crippen LogP contribution in [0.5, 0.6) is 11.5 Å². The first-order valence-electron chi connectivity index (χ1n) is 6.98. The van der Waals surface area contributed by atoms with Crippen LogP contribution in [0.3, 0.4) is 0 Å². The van der Waals surface area contributed by atoms with Crippen LogP contribution in [0.1, 0.15) is 5.56 Å². The molecule has 0 bridgehead atoms. The van der Waals surface area contributed by atoms with Gasteiger partial charge in [-0.15, -0.1) is 0 Å². The zero-order chi connectivity index (χ0) is 18.4. The number of hydrogen-bond acceptors (Lipinski definition) is 5. The standard InChI is InChI=1S/C16H14Br2ClN3O3/c1-25-11-2-3-14(23)9(4-11)7-21-22-15(24)8-20-16-12(17)5-10(19)6-13(16)18/h2-7,20,23H,8H2,1H3,(H,22,24)/b21-7+. The predicted molar refractivity (Wildman–Crippen MR) is 106 cm³/mol. The lowest BCUT2D eigenvalue weighted by Gasteiger charge is -2.10. The molecule has 0 saturated carbocycles. The molecule has 0 unspecified atom stereocenters. The van der Waals surface area contributed by atoms with Crippen molar-refractivity contribution in [2.45, 2.75) is 0 Å². The summed E-state index contributed by atoms with van der Waals surface area (Å²) < 4.78 is 6.52. The van der Waals surface area contributed by atoms with E-state index in [0.29, 0.717) is 22.0 Å². The maximum atomic E-state index is 11.9. The van der Waals surface area contributed by atoms with E-state index in [-0.39, 0.29) is 18.2 Å². The summed E-state index contributed by atoms with van der Waals surface area (Å²) in [7, 11) is 1.52. The Kier molecular flexibility index (Phi) is 7.10. The number of carbonyl (C=O) groups excluding carboxylic acids is 1. The van der Waals surface area contributed by atoms with Crippen molar-refractivity contribution in [3.05, 3.63) is 49.9 Å². The molecule has 0 heterocycles. The lowest BCUT2D eigenvalue weighted by atomic mass is 10.2. The maximum Gasteiger partial charge on any atom is 0.259 e. The largest absolute Gasteiger partial charge is 0.507 e. The van der Waals surface area contributed by atoms with Crippen LogP contribution in [0.4, 0.5) is 5.69 Å². The molecule has 2 aromatic carbocycles. The minimum absolute atomic E-state index is 0.000263. The van der Waals surface area contributed by atoms with E-state index in [9.17, 15) is 9.90 Å². The van der Waals surface area contributed by atoms with Gasteiger partial charge in [-0.25, -0.2) is 5.43 Å². The minimum Gasteiger partial charge on any atom is -0.507 e. The smallest absolute Gasteiger partial charge is 0.259 e. The number of amides is 1. The zero-order valence-corrected chi connectivity index (χ0v) is 16.9. The number of halogens is 3. The molecule has 6 nitrogen and oxygen atoms in total. The molecular formula is C16H14Br2ClN3O3. The molecule has 0 fully saturated rings. The third-order valence-corrected chi connectivity index (χ3v) is 4.53. The van der Waals surface area contributed by atoms with Crippen LogP contribution >= 0.6 is 43.5 Å². The van der Waals surface area contributed by atoms with Crippen LogP contribution in [-0.4, -0.2) is 30.9 Å².